The van der Waals surface area contributed by atoms with Gasteiger partial charge in [0.1, 0.15) is 36.3 Å². The van der Waals surface area contributed by atoms with Gasteiger partial charge in [-0.05, 0) is 64.2 Å². The number of hydrogen-bond acceptors (Lipinski definition) is 12. The smallest absolute Gasteiger partial charge is 0.326 e. The first kappa shape index (κ1) is 51.7. The lowest BCUT2D eigenvalue weighted by molar-refractivity contribution is -0.143. The van der Waals surface area contributed by atoms with E-state index in [9.17, 15) is 53.4 Å². The number of carboxylic acids is 2. The first-order valence-corrected chi connectivity index (χ1v) is 19.5. The summed E-state index contributed by atoms with van der Waals surface area (Å²) < 4.78 is 0. The number of rotatable bonds is 27. The SMILES string of the molecule is CC(NC(=O)C(N)C(C)C)C(=O)N1CCCC1C(=O)NC(CCCN=C(N)N)C(=O)NC(CCC(=O)O)C(=O)NC(CCCN=C(N)N)C(=O)NC(CCC(N)=O)C(=O)O. The second-order valence-corrected chi connectivity index (χ2v) is 14.6. The van der Waals surface area contributed by atoms with Crippen molar-refractivity contribution in [2.24, 2.45) is 50.3 Å². The van der Waals surface area contributed by atoms with Crippen LogP contribution in [0, 0.1) is 5.92 Å². The topological polar surface area (TPSA) is 438 Å². The fourth-order valence-electron chi connectivity index (χ4n) is 5.94. The number of carbonyl (C=O) groups excluding carboxylic acids is 7. The van der Waals surface area contributed by atoms with Crippen LogP contribution in [0.25, 0.3) is 0 Å². The van der Waals surface area contributed by atoms with E-state index in [1.165, 1.54) is 11.8 Å². The van der Waals surface area contributed by atoms with Crippen molar-refractivity contribution in [2.45, 2.75) is 127 Å². The number of amides is 7. The molecule has 338 valence electrons. The van der Waals surface area contributed by atoms with Crippen molar-refractivity contribution in [1.29, 1.82) is 0 Å². The number of nitrogens with one attached hydrogen (secondary N) is 5. The predicted molar refractivity (Wildman–Crippen MR) is 216 cm³/mol. The van der Waals surface area contributed by atoms with Crippen molar-refractivity contribution in [3.8, 4) is 0 Å². The number of guanidine groups is 2. The van der Waals surface area contributed by atoms with Crippen LogP contribution in [0.2, 0.25) is 0 Å². The number of nitrogens with two attached hydrogens (primary N) is 6. The van der Waals surface area contributed by atoms with Crippen LogP contribution in [0.4, 0.5) is 0 Å². The minimum atomic E-state index is -1.62. The number of likely N-dealkylation sites (tertiary alicyclic amines) is 1. The number of aliphatic imine (C=N–C) groups is 2. The molecule has 60 heavy (non-hydrogen) atoms. The van der Waals surface area contributed by atoms with E-state index in [1.54, 1.807) is 13.8 Å². The molecule has 0 aromatic heterocycles. The second-order valence-electron chi connectivity index (χ2n) is 14.6. The molecule has 0 radical (unpaired) electrons. The fourth-order valence-corrected chi connectivity index (χ4v) is 5.94. The summed E-state index contributed by atoms with van der Waals surface area (Å²) >= 11 is 0. The van der Waals surface area contributed by atoms with Crippen LogP contribution in [0.5, 0.6) is 0 Å². The van der Waals surface area contributed by atoms with Crippen molar-refractivity contribution in [3.63, 3.8) is 0 Å². The van der Waals surface area contributed by atoms with E-state index >= 15 is 0 Å². The van der Waals surface area contributed by atoms with Crippen LogP contribution in [-0.2, 0) is 43.2 Å². The average molecular weight is 855 g/mol. The van der Waals surface area contributed by atoms with Gasteiger partial charge < -0.3 is 76.1 Å². The zero-order valence-electron chi connectivity index (χ0n) is 34.2. The highest BCUT2D eigenvalue weighted by molar-refractivity contribution is 5.97. The van der Waals surface area contributed by atoms with E-state index in [4.69, 9.17) is 34.4 Å². The third-order valence-electron chi connectivity index (χ3n) is 9.32. The standard InChI is InChI=1S/C35H62N14O11/c1-17(2)26(37)31(57)44-18(3)32(58)49-16-6-9-23(49)30(56)47-20(8-5-15-43-35(40)41)27(53)46-21(11-13-25(51)52)29(55)45-19(7-4-14-42-34(38)39)28(54)48-22(33(59)60)10-12-24(36)50/h17-23,26H,4-16,37H2,1-3H3,(H2,36,50)(H,44,57)(H,45,55)(H,46,53)(H,47,56)(H,48,54)(H,51,52)(H,59,60)(H4,38,39,42)(H4,40,41,43). The summed E-state index contributed by atoms with van der Waals surface area (Å²) in [6.45, 7) is 5.14. The number of carbonyl (C=O) groups is 9. The number of hydrogen-bond donors (Lipinski definition) is 13. The maximum absolute atomic E-state index is 13.9. The normalized spacial score (nSPS) is 16.4. The molecule has 1 aliphatic heterocycles. The summed E-state index contributed by atoms with van der Waals surface area (Å²) in [6.07, 6.45) is -1.28. The Bertz CT molecular complexity index is 1600. The van der Waals surface area contributed by atoms with Gasteiger partial charge >= 0.3 is 11.9 Å². The Labute approximate surface area is 347 Å². The summed E-state index contributed by atoms with van der Waals surface area (Å²) in [5.74, 6) is -9.16. The lowest BCUT2D eigenvalue weighted by atomic mass is 10.0. The molecule has 7 atom stereocenters. The van der Waals surface area contributed by atoms with Gasteiger partial charge in [0, 0.05) is 32.5 Å². The first-order valence-electron chi connectivity index (χ1n) is 19.5. The molecule has 1 aliphatic rings. The van der Waals surface area contributed by atoms with E-state index in [1.807, 2.05) is 0 Å². The second kappa shape index (κ2) is 26.0. The maximum Gasteiger partial charge on any atom is 0.326 e. The molecule has 0 saturated carbocycles. The van der Waals surface area contributed by atoms with Gasteiger partial charge in [-0.25, -0.2) is 4.79 Å². The molecular weight excluding hydrogens is 792 g/mol. The summed E-state index contributed by atoms with van der Waals surface area (Å²) in [4.78, 5) is 124. The van der Waals surface area contributed by atoms with E-state index in [0.29, 0.717) is 6.42 Å². The molecule has 0 aliphatic carbocycles. The van der Waals surface area contributed by atoms with Gasteiger partial charge in [-0.1, -0.05) is 13.8 Å². The minimum Gasteiger partial charge on any atom is -0.481 e. The molecule has 19 N–H and O–H groups in total. The Balaban J connectivity index is 3.38. The van der Waals surface area contributed by atoms with E-state index in [-0.39, 0.29) is 82.4 Å². The maximum atomic E-state index is 13.9. The largest absolute Gasteiger partial charge is 0.481 e. The zero-order chi connectivity index (χ0) is 45.7. The van der Waals surface area contributed by atoms with Crippen molar-refractivity contribution >= 4 is 65.2 Å². The molecule has 1 saturated heterocycles. The van der Waals surface area contributed by atoms with Gasteiger partial charge in [0.2, 0.25) is 41.4 Å². The third-order valence-corrected chi connectivity index (χ3v) is 9.32. The van der Waals surface area contributed by atoms with Gasteiger partial charge in [-0.2, -0.15) is 0 Å². The summed E-state index contributed by atoms with van der Waals surface area (Å²) in [5, 5.41) is 31.3. The van der Waals surface area contributed by atoms with Crippen molar-refractivity contribution in [3.05, 3.63) is 0 Å². The van der Waals surface area contributed by atoms with E-state index < -0.39 is 108 Å². The zero-order valence-corrected chi connectivity index (χ0v) is 34.2. The van der Waals surface area contributed by atoms with Crippen LogP contribution >= 0.6 is 0 Å². The van der Waals surface area contributed by atoms with Crippen molar-refractivity contribution in [1.82, 2.24) is 31.5 Å². The molecule has 25 nitrogen and oxygen atoms in total. The lowest BCUT2D eigenvalue weighted by Crippen LogP contribution is -2.59. The fraction of sp³-hybridized carbons (Fsp3) is 0.686. The molecule has 7 unspecified atom stereocenters. The van der Waals surface area contributed by atoms with Crippen LogP contribution in [0.1, 0.15) is 85.0 Å². The number of primary amides is 1. The summed E-state index contributed by atoms with van der Waals surface area (Å²) in [6, 6.07) is -9.01. The van der Waals surface area contributed by atoms with Crippen LogP contribution in [-0.4, -0.2) is 142 Å². The quantitative estimate of drug-likeness (QED) is 0.0209. The Morgan fingerprint density at radius 2 is 1.12 bits per heavy atom. The number of nitrogens with zero attached hydrogens (tertiary/aromatic N) is 3. The molecule has 7 amide bonds. The molecule has 0 bridgehead atoms. The minimum absolute atomic E-state index is 0.00368. The molecule has 1 heterocycles. The Morgan fingerprint density at radius 3 is 1.57 bits per heavy atom. The molecule has 1 fully saturated rings. The highest BCUT2D eigenvalue weighted by Gasteiger charge is 2.39. The number of carboxylic acid groups (broad SMARTS) is 2. The van der Waals surface area contributed by atoms with E-state index in [2.05, 4.69) is 36.6 Å². The number of aliphatic carboxylic acids is 2. The molecule has 0 aromatic carbocycles. The Kier molecular flexibility index (Phi) is 22.4. The first-order chi connectivity index (χ1) is 28.0. The van der Waals surface area contributed by atoms with Crippen LogP contribution in [0.15, 0.2) is 9.98 Å². The summed E-state index contributed by atoms with van der Waals surface area (Å²) in [5.41, 5.74) is 32.6. The summed E-state index contributed by atoms with van der Waals surface area (Å²) in [7, 11) is 0. The van der Waals surface area contributed by atoms with Gasteiger partial charge in [0.15, 0.2) is 11.9 Å². The predicted octanol–water partition coefficient (Wildman–Crippen LogP) is -5.27. The van der Waals surface area contributed by atoms with Gasteiger partial charge in [0.05, 0.1) is 6.04 Å². The molecule has 0 aromatic rings. The monoisotopic (exact) mass is 854 g/mol. The highest BCUT2D eigenvalue weighted by Crippen LogP contribution is 2.19. The molecule has 25 heteroatoms. The van der Waals surface area contributed by atoms with Gasteiger partial charge in [0.25, 0.3) is 0 Å². The van der Waals surface area contributed by atoms with E-state index in [0.717, 1.165) is 0 Å². The molecule has 1 rings (SSSR count). The Morgan fingerprint density at radius 1 is 0.650 bits per heavy atom. The molecular formula is C35H62N14O11. The average Bonchev–Trinajstić information content (AvgIpc) is 3.66. The molecule has 0 spiro atoms. The third kappa shape index (κ3) is 19.0. The van der Waals surface area contributed by atoms with Gasteiger partial charge in [-0.15, -0.1) is 0 Å². The highest BCUT2D eigenvalue weighted by atomic mass is 16.4. The lowest BCUT2D eigenvalue weighted by Gasteiger charge is -2.30. The van der Waals surface area contributed by atoms with Crippen LogP contribution in [0.3, 0.4) is 0 Å². The Hall–Kier alpha value is -6.27. The van der Waals surface area contributed by atoms with Crippen LogP contribution < -0.4 is 61.0 Å². The van der Waals surface area contributed by atoms with Gasteiger partial charge in [-0.3, -0.25) is 48.3 Å². The van der Waals surface area contributed by atoms with Crippen molar-refractivity contribution in [2.75, 3.05) is 19.6 Å². The van der Waals surface area contributed by atoms with Crippen molar-refractivity contribution < 1.29 is 53.4 Å².